The van der Waals surface area contributed by atoms with E-state index in [1.807, 2.05) is 6.92 Å². The first-order chi connectivity index (χ1) is 10.7. The first-order valence-electron chi connectivity index (χ1n) is 6.81. The Balaban J connectivity index is 2.27. The van der Waals surface area contributed by atoms with Crippen LogP contribution in [-0.4, -0.2) is 15.1 Å². The first-order valence-corrected chi connectivity index (χ1v) is 6.81. The minimum Gasteiger partial charge on any atom is -0.354 e. The number of allylic oxidation sites excluding steroid dienone is 2. The fraction of sp³-hybridized carbons (Fsp3) is 0.200. The molecule has 0 radical (unpaired) electrons. The molecule has 2 heterocycles. The van der Waals surface area contributed by atoms with Crippen molar-refractivity contribution in [3.63, 3.8) is 0 Å². The number of benzene rings is 1. The maximum atomic E-state index is 11.3. The zero-order chi connectivity index (χ0) is 15.7. The molecule has 0 saturated heterocycles. The highest BCUT2D eigenvalue weighted by atomic mass is 16.6. The normalized spacial score (nSPS) is 16.6. The summed E-state index contributed by atoms with van der Waals surface area (Å²) in [5, 5.41) is 21.3. The number of nitro groups is 1. The molecule has 1 aliphatic rings. The number of nitrogens with one attached hydrogen (secondary N) is 2. The van der Waals surface area contributed by atoms with Crippen molar-refractivity contribution >= 4 is 11.5 Å². The number of para-hydroxylation sites is 1. The van der Waals surface area contributed by atoms with Crippen molar-refractivity contribution in [3.8, 4) is 0 Å². The number of hydrogen-bond acceptors (Lipinski definition) is 4. The number of aromatic amines is 1. The maximum absolute atomic E-state index is 11.3. The second kappa shape index (κ2) is 5.33. The molecule has 1 aliphatic heterocycles. The van der Waals surface area contributed by atoms with Gasteiger partial charge >= 0.3 is 0 Å². The number of H-pyrrole nitrogens is 1. The summed E-state index contributed by atoms with van der Waals surface area (Å²) in [6, 6.07) is 6.53. The summed E-state index contributed by atoms with van der Waals surface area (Å²) in [6.45, 7) is 9.45. The van der Waals surface area contributed by atoms with E-state index in [1.54, 1.807) is 24.4 Å². The lowest BCUT2D eigenvalue weighted by molar-refractivity contribution is -0.385. The third-order valence-electron chi connectivity index (χ3n) is 3.76. The van der Waals surface area contributed by atoms with Gasteiger partial charge in [0.1, 0.15) is 5.82 Å². The number of nitro benzene ring substituents is 1. The Kier molecular flexibility index (Phi) is 3.35. The molecule has 1 aromatic carbocycles. The molecule has 110 valence electrons. The molecule has 22 heavy (non-hydrogen) atoms. The molecule has 0 bridgehead atoms. The molecule has 0 fully saturated rings. The summed E-state index contributed by atoms with van der Waals surface area (Å²) in [5.74, 6) is 0.205. The van der Waals surface area contributed by atoms with Crippen LogP contribution < -0.4 is 5.32 Å². The van der Waals surface area contributed by atoms with Gasteiger partial charge in [0, 0.05) is 22.9 Å². The van der Waals surface area contributed by atoms with E-state index in [9.17, 15) is 10.1 Å². The van der Waals surface area contributed by atoms with Crippen LogP contribution >= 0.6 is 0 Å². The molecule has 3 rings (SSSR count). The minimum atomic E-state index is -0.482. The van der Waals surface area contributed by atoms with Gasteiger partial charge in [0.15, 0.2) is 5.70 Å². The summed E-state index contributed by atoms with van der Waals surface area (Å²) < 4.78 is 0. The molecule has 0 aliphatic carbocycles. The molecule has 1 aromatic heterocycles. The van der Waals surface area contributed by atoms with Crippen LogP contribution in [0, 0.1) is 16.7 Å². The first kappa shape index (κ1) is 13.8. The highest BCUT2D eigenvalue weighted by molar-refractivity contribution is 5.65. The minimum absolute atomic E-state index is 0.0122. The predicted molar refractivity (Wildman–Crippen MR) is 81.1 cm³/mol. The van der Waals surface area contributed by atoms with Crippen molar-refractivity contribution in [2.45, 2.75) is 19.3 Å². The number of anilines is 1. The predicted octanol–water partition coefficient (Wildman–Crippen LogP) is 3.42. The summed E-state index contributed by atoms with van der Waals surface area (Å²) >= 11 is 0. The van der Waals surface area contributed by atoms with E-state index in [0.717, 1.165) is 11.3 Å². The maximum Gasteiger partial charge on any atom is 0.272 e. The van der Waals surface area contributed by atoms with Crippen molar-refractivity contribution in [2.24, 2.45) is 0 Å². The van der Waals surface area contributed by atoms with Crippen molar-refractivity contribution in [3.05, 3.63) is 74.5 Å². The van der Waals surface area contributed by atoms with Crippen LogP contribution in [0.2, 0.25) is 0 Å². The van der Waals surface area contributed by atoms with E-state index in [2.05, 4.69) is 20.4 Å². The average Bonchev–Trinajstić information content (AvgIpc) is 3.00. The van der Waals surface area contributed by atoms with Crippen molar-refractivity contribution in [2.75, 3.05) is 5.32 Å². The monoisotopic (exact) mass is 295 g/mol. The van der Waals surface area contributed by atoms with Gasteiger partial charge in [0.2, 0.25) is 0 Å². The Bertz CT molecular complexity index is 815. The van der Waals surface area contributed by atoms with Gasteiger partial charge in [-0.2, -0.15) is 5.10 Å². The van der Waals surface area contributed by atoms with Gasteiger partial charge in [0.25, 0.3) is 5.69 Å². The van der Waals surface area contributed by atoms with Gasteiger partial charge in [-0.15, -0.1) is 0 Å². The fourth-order valence-electron chi connectivity index (χ4n) is 2.77. The third kappa shape index (κ3) is 2.02. The standard InChI is InChI=1S/C15H13N5O2/c1-3-11-14(16-2)13(10-8-17-19-15(10)18-11)9-6-4-5-7-12(9)20(21)22/h4-8,13H,3H2,1H3,(H2,17,18,19). The third-order valence-corrected chi connectivity index (χ3v) is 3.76. The molecule has 7 heteroatoms. The summed E-state index contributed by atoms with van der Waals surface area (Å²) in [5.41, 5.74) is 2.50. The highest BCUT2D eigenvalue weighted by Crippen LogP contribution is 2.44. The van der Waals surface area contributed by atoms with Crippen molar-refractivity contribution in [1.82, 2.24) is 10.2 Å². The van der Waals surface area contributed by atoms with Crippen LogP contribution in [-0.2, 0) is 0 Å². The summed E-state index contributed by atoms with van der Waals surface area (Å²) in [6.07, 6.45) is 2.24. The van der Waals surface area contributed by atoms with Crippen LogP contribution in [0.1, 0.15) is 30.4 Å². The smallest absolute Gasteiger partial charge is 0.272 e. The lowest BCUT2D eigenvalue weighted by atomic mass is 9.85. The molecular weight excluding hydrogens is 282 g/mol. The number of fused-ring (bicyclic) bond motifs is 1. The second-order valence-corrected chi connectivity index (χ2v) is 4.90. The largest absolute Gasteiger partial charge is 0.354 e. The van der Waals surface area contributed by atoms with E-state index >= 15 is 0 Å². The van der Waals surface area contributed by atoms with E-state index in [-0.39, 0.29) is 5.69 Å². The SMILES string of the molecule is [C-]#[N+]C1=C(CC)Nc2[nH]ncc2C1c1ccccc1[N+](=O)[O-]. The zero-order valence-corrected chi connectivity index (χ0v) is 11.8. The van der Waals surface area contributed by atoms with Gasteiger partial charge in [0.05, 0.1) is 23.6 Å². The second-order valence-electron chi connectivity index (χ2n) is 4.90. The topological polar surface area (TPSA) is 88.2 Å². The van der Waals surface area contributed by atoms with Crippen molar-refractivity contribution < 1.29 is 4.92 Å². The Labute approximate surface area is 126 Å². The quantitative estimate of drug-likeness (QED) is 0.516. The molecule has 2 N–H and O–H groups in total. The molecule has 0 amide bonds. The van der Waals surface area contributed by atoms with Gasteiger partial charge in [-0.05, 0) is 6.42 Å². The molecule has 0 saturated carbocycles. The van der Waals surface area contributed by atoms with E-state index in [1.165, 1.54) is 6.07 Å². The molecule has 1 unspecified atom stereocenters. The highest BCUT2D eigenvalue weighted by Gasteiger charge is 2.34. The van der Waals surface area contributed by atoms with E-state index in [4.69, 9.17) is 6.57 Å². The van der Waals surface area contributed by atoms with Crippen LogP contribution in [0.25, 0.3) is 4.85 Å². The molecule has 1 atom stereocenters. The van der Waals surface area contributed by atoms with Gasteiger partial charge in [-0.25, -0.2) is 4.85 Å². The molecule has 2 aromatic rings. The van der Waals surface area contributed by atoms with Crippen LogP contribution in [0.15, 0.2) is 41.9 Å². The Morgan fingerprint density at radius 3 is 2.86 bits per heavy atom. The van der Waals surface area contributed by atoms with E-state index < -0.39 is 10.8 Å². The van der Waals surface area contributed by atoms with Crippen LogP contribution in [0.5, 0.6) is 0 Å². The van der Waals surface area contributed by atoms with E-state index in [0.29, 0.717) is 23.5 Å². The van der Waals surface area contributed by atoms with Gasteiger partial charge < -0.3 is 5.32 Å². The Morgan fingerprint density at radius 1 is 1.41 bits per heavy atom. The van der Waals surface area contributed by atoms with Gasteiger partial charge in [-0.3, -0.25) is 15.2 Å². The lowest BCUT2D eigenvalue weighted by Gasteiger charge is -2.25. The number of rotatable bonds is 3. The summed E-state index contributed by atoms with van der Waals surface area (Å²) in [4.78, 5) is 14.6. The average molecular weight is 295 g/mol. The zero-order valence-electron chi connectivity index (χ0n) is 11.8. The van der Waals surface area contributed by atoms with Crippen LogP contribution in [0.3, 0.4) is 0 Å². The van der Waals surface area contributed by atoms with Crippen LogP contribution in [0.4, 0.5) is 11.5 Å². The molecule has 0 spiro atoms. The molecule has 7 nitrogen and oxygen atoms in total. The summed E-state index contributed by atoms with van der Waals surface area (Å²) in [7, 11) is 0. The number of aromatic nitrogens is 2. The number of hydrogen-bond donors (Lipinski definition) is 2. The number of nitrogens with zero attached hydrogens (tertiary/aromatic N) is 3. The Morgan fingerprint density at radius 2 is 2.18 bits per heavy atom. The van der Waals surface area contributed by atoms with Crippen molar-refractivity contribution in [1.29, 1.82) is 0 Å². The Hall–Kier alpha value is -3.14. The molecular formula is C15H13N5O2. The lowest BCUT2D eigenvalue weighted by Crippen LogP contribution is -2.17. The van der Waals surface area contributed by atoms with Gasteiger partial charge in [-0.1, -0.05) is 25.1 Å². The fourth-order valence-corrected chi connectivity index (χ4v) is 2.77.